The highest BCUT2D eigenvalue weighted by molar-refractivity contribution is 5.73. The molecule has 0 aromatic carbocycles. The minimum atomic E-state index is -2.71. The Labute approximate surface area is 68.5 Å². The molecule has 3 N–H and O–H groups in total. The van der Waals surface area contributed by atoms with E-state index in [0.29, 0.717) is 0 Å². The van der Waals surface area contributed by atoms with Gasteiger partial charge in [-0.1, -0.05) is 0 Å². The summed E-state index contributed by atoms with van der Waals surface area (Å²) in [5.41, 5.74) is 5.21. The molecule has 1 fully saturated rings. The molecule has 5 heteroatoms. The van der Waals surface area contributed by atoms with Crippen LogP contribution in [0.4, 0.5) is 8.78 Å². The summed E-state index contributed by atoms with van der Waals surface area (Å²) in [6.07, 6.45) is -0.417. The number of nitrogens with two attached hydrogens (primary N) is 1. The maximum Gasteiger partial charge on any atom is 0.320 e. The smallest absolute Gasteiger partial charge is 0.320 e. The van der Waals surface area contributed by atoms with Crippen LogP contribution in [0.25, 0.3) is 0 Å². The van der Waals surface area contributed by atoms with Crippen LogP contribution < -0.4 is 5.73 Å². The molecule has 2 unspecified atom stereocenters. The molecule has 0 saturated heterocycles. The molecule has 70 valence electrons. The van der Waals surface area contributed by atoms with Crippen molar-refractivity contribution >= 4 is 5.97 Å². The number of halogens is 2. The third-order valence-corrected chi connectivity index (χ3v) is 2.23. The van der Waals surface area contributed by atoms with Crippen LogP contribution in [-0.4, -0.2) is 23.0 Å². The van der Waals surface area contributed by atoms with Crippen molar-refractivity contribution in [3.05, 3.63) is 0 Å². The standard InChI is InChI=1S/C7H11F2NO2/c8-7(9)2-1-4(3-7)5(10)6(11)12/h4-5H,1-3,10H2,(H,11,12). The average molecular weight is 179 g/mol. The summed E-state index contributed by atoms with van der Waals surface area (Å²) in [7, 11) is 0. The largest absolute Gasteiger partial charge is 0.480 e. The van der Waals surface area contributed by atoms with Gasteiger partial charge < -0.3 is 10.8 Å². The number of carboxylic acid groups (broad SMARTS) is 1. The molecule has 1 saturated carbocycles. The van der Waals surface area contributed by atoms with Gasteiger partial charge in [0.1, 0.15) is 6.04 Å². The molecule has 2 atom stereocenters. The van der Waals surface area contributed by atoms with Gasteiger partial charge in [-0.15, -0.1) is 0 Å². The van der Waals surface area contributed by atoms with Crippen molar-refractivity contribution in [3.63, 3.8) is 0 Å². The Bertz CT molecular complexity index is 196. The predicted octanol–water partition coefficient (Wildman–Crippen LogP) is 0.834. The van der Waals surface area contributed by atoms with E-state index in [1.165, 1.54) is 0 Å². The lowest BCUT2D eigenvalue weighted by atomic mass is 9.99. The van der Waals surface area contributed by atoms with Crippen molar-refractivity contribution in [2.45, 2.75) is 31.2 Å². The van der Waals surface area contributed by atoms with Gasteiger partial charge in [0.25, 0.3) is 0 Å². The molecular weight excluding hydrogens is 168 g/mol. The van der Waals surface area contributed by atoms with Crippen LogP contribution in [0.2, 0.25) is 0 Å². The first-order chi connectivity index (χ1) is 5.42. The molecule has 0 bridgehead atoms. The quantitative estimate of drug-likeness (QED) is 0.660. The van der Waals surface area contributed by atoms with Gasteiger partial charge in [0, 0.05) is 12.8 Å². The summed E-state index contributed by atoms with van der Waals surface area (Å²) in [5, 5.41) is 8.44. The minimum Gasteiger partial charge on any atom is -0.480 e. The summed E-state index contributed by atoms with van der Waals surface area (Å²) < 4.78 is 25.1. The summed E-state index contributed by atoms with van der Waals surface area (Å²) >= 11 is 0. The normalized spacial score (nSPS) is 30.1. The van der Waals surface area contributed by atoms with Crippen LogP contribution in [0, 0.1) is 5.92 Å². The van der Waals surface area contributed by atoms with Crippen molar-refractivity contribution in [1.29, 1.82) is 0 Å². The first kappa shape index (κ1) is 9.38. The first-order valence-corrected chi connectivity index (χ1v) is 3.78. The van der Waals surface area contributed by atoms with Crippen molar-refractivity contribution in [1.82, 2.24) is 0 Å². The van der Waals surface area contributed by atoms with E-state index in [1.807, 2.05) is 0 Å². The fraction of sp³-hybridized carbons (Fsp3) is 0.857. The Morgan fingerprint density at radius 3 is 2.58 bits per heavy atom. The molecule has 0 amide bonds. The summed E-state index contributed by atoms with van der Waals surface area (Å²) in [5.74, 6) is -4.48. The zero-order valence-electron chi connectivity index (χ0n) is 6.46. The number of hydrogen-bond acceptors (Lipinski definition) is 2. The van der Waals surface area contributed by atoms with Crippen LogP contribution in [0.15, 0.2) is 0 Å². The topological polar surface area (TPSA) is 63.3 Å². The molecule has 3 nitrogen and oxygen atoms in total. The second-order valence-electron chi connectivity index (χ2n) is 3.22. The average Bonchev–Trinajstić information content (AvgIpc) is 2.28. The Kier molecular flexibility index (Phi) is 2.32. The van der Waals surface area contributed by atoms with E-state index in [4.69, 9.17) is 10.8 Å². The van der Waals surface area contributed by atoms with E-state index in [0.717, 1.165) is 0 Å². The van der Waals surface area contributed by atoms with Gasteiger partial charge in [0.05, 0.1) is 0 Å². The lowest BCUT2D eigenvalue weighted by Gasteiger charge is -2.14. The fourth-order valence-electron chi connectivity index (χ4n) is 1.49. The van der Waals surface area contributed by atoms with Gasteiger partial charge in [-0.2, -0.15) is 0 Å². The van der Waals surface area contributed by atoms with E-state index < -0.39 is 23.9 Å². The molecule has 0 spiro atoms. The lowest BCUT2D eigenvalue weighted by molar-refractivity contribution is -0.140. The molecule has 12 heavy (non-hydrogen) atoms. The van der Waals surface area contributed by atoms with Gasteiger partial charge in [0.2, 0.25) is 5.92 Å². The monoisotopic (exact) mass is 179 g/mol. The summed E-state index contributed by atoms with van der Waals surface area (Å²) in [6, 6.07) is -1.14. The third kappa shape index (κ3) is 1.91. The zero-order valence-corrected chi connectivity index (χ0v) is 6.46. The van der Waals surface area contributed by atoms with Crippen LogP contribution in [0.1, 0.15) is 19.3 Å². The molecule has 1 aliphatic rings. The summed E-state index contributed by atoms with van der Waals surface area (Å²) in [6.45, 7) is 0. The minimum absolute atomic E-state index is 0.209. The Morgan fingerprint density at radius 1 is 1.67 bits per heavy atom. The second kappa shape index (κ2) is 2.97. The van der Waals surface area contributed by atoms with Crippen LogP contribution in [-0.2, 0) is 4.79 Å². The van der Waals surface area contributed by atoms with Gasteiger partial charge in [-0.3, -0.25) is 4.79 Å². The Hall–Kier alpha value is -0.710. The van der Waals surface area contributed by atoms with Crippen molar-refractivity contribution in [2.24, 2.45) is 11.7 Å². The van der Waals surface area contributed by atoms with Crippen molar-refractivity contribution in [2.75, 3.05) is 0 Å². The number of rotatable bonds is 2. The van der Waals surface area contributed by atoms with E-state index in [-0.39, 0.29) is 19.3 Å². The van der Waals surface area contributed by atoms with Gasteiger partial charge in [0.15, 0.2) is 0 Å². The van der Waals surface area contributed by atoms with Crippen molar-refractivity contribution < 1.29 is 18.7 Å². The van der Waals surface area contributed by atoms with Crippen LogP contribution in [0.5, 0.6) is 0 Å². The Balaban J connectivity index is 2.52. The SMILES string of the molecule is NC(C(=O)O)C1CCC(F)(F)C1. The second-order valence-corrected chi connectivity index (χ2v) is 3.22. The highest BCUT2D eigenvalue weighted by Crippen LogP contribution is 2.39. The molecule has 0 aromatic rings. The fourth-order valence-corrected chi connectivity index (χ4v) is 1.49. The van der Waals surface area contributed by atoms with Crippen LogP contribution >= 0.6 is 0 Å². The molecule has 0 aliphatic heterocycles. The third-order valence-electron chi connectivity index (χ3n) is 2.23. The Morgan fingerprint density at radius 2 is 2.25 bits per heavy atom. The maximum absolute atomic E-state index is 12.6. The van der Waals surface area contributed by atoms with Gasteiger partial charge in [-0.05, 0) is 12.3 Å². The van der Waals surface area contributed by atoms with E-state index in [9.17, 15) is 13.6 Å². The lowest BCUT2D eigenvalue weighted by Crippen LogP contribution is -2.37. The molecule has 1 rings (SSSR count). The molecule has 1 aliphatic carbocycles. The molecular formula is C7H11F2NO2. The van der Waals surface area contributed by atoms with E-state index >= 15 is 0 Å². The van der Waals surface area contributed by atoms with E-state index in [2.05, 4.69) is 0 Å². The molecule has 0 aromatic heterocycles. The molecule has 0 radical (unpaired) electrons. The number of alkyl halides is 2. The molecule has 0 heterocycles. The summed E-state index contributed by atoms with van der Waals surface area (Å²) in [4.78, 5) is 10.3. The van der Waals surface area contributed by atoms with Gasteiger partial charge in [-0.25, -0.2) is 8.78 Å². The number of carbonyl (C=O) groups is 1. The number of carboxylic acids is 1. The first-order valence-electron chi connectivity index (χ1n) is 3.78. The number of aliphatic carboxylic acids is 1. The van der Waals surface area contributed by atoms with E-state index in [1.54, 1.807) is 0 Å². The van der Waals surface area contributed by atoms with Crippen LogP contribution in [0.3, 0.4) is 0 Å². The van der Waals surface area contributed by atoms with Crippen molar-refractivity contribution in [3.8, 4) is 0 Å². The number of hydrogen-bond donors (Lipinski definition) is 2. The zero-order chi connectivity index (χ0) is 9.35. The highest BCUT2D eigenvalue weighted by Gasteiger charge is 2.43. The van der Waals surface area contributed by atoms with Gasteiger partial charge >= 0.3 is 5.97 Å². The predicted molar refractivity (Wildman–Crippen MR) is 37.9 cm³/mol. The highest BCUT2D eigenvalue weighted by atomic mass is 19.3. The maximum atomic E-state index is 12.6.